The summed E-state index contributed by atoms with van der Waals surface area (Å²) in [6.07, 6.45) is 0. The molecule has 0 amide bonds. The summed E-state index contributed by atoms with van der Waals surface area (Å²) in [6.45, 7) is 1.97. The zero-order valence-corrected chi connectivity index (χ0v) is 16.8. The number of aromatic hydroxyl groups is 1. The van der Waals surface area contributed by atoms with E-state index in [1.165, 1.54) is 12.1 Å². The van der Waals surface area contributed by atoms with Crippen molar-refractivity contribution in [1.29, 1.82) is 0 Å². The zero-order valence-electron chi connectivity index (χ0n) is 16.8. The second-order valence-electron chi connectivity index (χ2n) is 7.42. The standard InChI is InChI=1S/C25H21FN2O3/c1-15(17-9-5-11-19(26)13-17)27-21(16-7-3-2-4-8-16)18-10-6-12-20(14-18)28-22-23(29)25(31)24(22)30/h2-15,21,27-29H,1H3/t15-,21?/m1/s1. The summed E-state index contributed by atoms with van der Waals surface area (Å²) in [7, 11) is 0. The second-order valence-corrected chi connectivity index (χ2v) is 7.42. The lowest BCUT2D eigenvalue weighted by atomic mass is 9.96. The number of hydrogen-bond acceptors (Lipinski definition) is 5. The van der Waals surface area contributed by atoms with E-state index in [-0.39, 0.29) is 23.6 Å². The molecule has 5 nitrogen and oxygen atoms in total. The van der Waals surface area contributed by atoms with Gasteiger partial charge in [-0.2, -0.15) is 0 Å². The second kappa shape index (κ2) is 8.53. The highest BCUT2D eigenvalue weighted by Gasteiger charge is 2.21. The minimum Gasteiger partial charge on any atom is -0.502 e. The average Bonchev–Trinajstić information content (AvgIpc) is 2.81. The molecule has 0 bridgehead atoms. The maximum absolute atomic E-state index is 13.7. The van der Waals surface area contributed by atoms with Crippen LogP contribution in [0.15, 0.2) is 88.5 Å². The maximum Gasteiger partial charge on any atom is 0.271 e. The van der Waals surface area contributed by atoms with Crippen LogP contribution in [-0.2, 0) is 0 Å². The van der Waals surface area contributed by atoms with E-state index in [1.54, 1.807) is 12.1 Å². The van der Waals surface area contributed by atoms with Crippen LogP contribution in [0.25, 0.3) is 0 Å². The molecule has 4 aromatic rings. The third-order valence-corrected chi connectivity index (χ3v) is 5.27. The average molecular weight is 416 g/mol. The number of hydrogen-bond donors (Lipinski definition) is 3. The van der Waals surface area contributed by atoms with Gasteiger partial charge in [-0.3, -0.25) is 14.9 Å². The van der Waals surface area contributed by atoms with Crippen LogP contribution in [0, 0.1) is 5.82 Å². The molecular weight excluding hydrogens is 395 g/mol. The fraction of sp³-hybridized carbons (Fsp3) is 0.120. The van der Waals surface area contributed by atoms with Crippen molar-refractivity contribution in [3.63, 3.8) is 0 Å². The van der Waals surface area contributed by atoms with Crippen LogP contribution >= 0.6 is 0 Å². The number of benzene rings is 3. The summed E-state index contributed by atoms with van der Waals surface area (Å²) in [4.78, 5) is 22.9. The Labute approximate surface area is 178 Å². The van der Waals surface area contributed by atoms with Gasteiger partial charge in [0.05, 0.1) is 6.04 Å². The number of rotatable bonds is 7. The van der Waals surface area contributed by atoms with Crippen LogP contribution in [-0.4, -0.2) is 5.11 Å². The molecule has 156 valence electrons. The molecule has 0 aliphatic carbocycles. The van der Waals surface area contributed by atoms with Gasteiger partial charge in [-0.15, -0.1) is 0 Å². The molecule has 0 spiro atoms. The van der Waals surface area contributed by atoms with E-state index < -0.39 is 16.6 Å². The van der Waals surface area contributed by atoms with E-state index in [1.807, 2.05) is 61.5 Å². The highest BCUT2D eigenvalue weighted by Crippen LogP contribution is 2.29. The highest BCUT2D eigenvalue weighted by atomic mass is 19.1. The molecule has 0 saturated carbocycles. The van der Waals surface area contributed by atoms with Crippen molar-refractivity contribution in [2.75, 3.05) is 5.32 Å². The van der Waals surface area contributed by atoms with Gasteiger partial charge in [0.1, 0.15) is 11.5 Å². The predicted octanol–water partition coefficient (Wildman–Crippen LogP) is 4.31. The largest absolute Gasteiger partial charge is 0.502 e. The van der Waals surface area contributed by atoms with Gasteiger partial charge >= 0.3 is 0 Å². The minimum absolute atomic E-state index is 0.0977. The summed E-state index contributed by atoms with van der Waals surface area (Å²) in [5.74, 6) is -0.839. The molecule has 0 radical (unpaired) electrons. The summed E-state index contributed by atoms with van der Waals surface area (Å²) < 4.78 is 13.7. The van der Waals surface area contributed by atoms with E-state index in [2.05, 4.69) is 10.6 Å². The highest BCUT2D eigenvalue weighted by molar-refractivity contribution is 5.69. The Kier molecular flexibility index (Phi) is 5.64. The molecule has 0 heterocycles. The SMILES string of the molecule is C[C@@H](NC(c1ccccc1)c1cccc(Nc2c(O)c(=O)c2=O)c1)c1cccc(F)c1. The van der Waals surface area contributed by atoms with Crippen molar-refractivity contribution >= 4 is 11.4 Å². The Bertz CT molecular complexity index is 1280. The van der Waals surface area contributed by atoms with Crippen molar-refractivity contribution in [2.24, 2.45) is 0 Å². The van der Waals surface area contributed by atoms with Gasteiger partial charge in [0, 0.05) is 11.7 Å². The van der Waals surface area contributed by atoms with Crippen molar-refractivity contribution in [2.45, 2.75) is 19.0 Å². The van der Waals surface area contributed by atoms with E-state index in [4.69, 9.17) is 0 Å². The minimum atomic E-state index is -0.883. The Morgan fingerprint density at radius 3 is 2.19 bits per heavy atom. The van der Waals surface area contributed by atoms with E-state index in [0.29, 0.717) is 5.69 Å². The van der Waals surface area contributed by atoms with Gasteiger partial charge in [0.25, 0.3) is 10.9 Å². The maximum atomic E-state index is 13.7. The topological polar surface area (TPSA) is 78.4 Å². The van der Waals surface area contributed by atoms with Crippen molar-refractivity contribution in [1.82, 2.24) is 5.32 Å². The Hall–Kier alpha value is -3.77. The summed E-state index contributed by atoms with van der Waals surface area (Å²) in [5, 5.41) is 16.0. The fourth-order valence-electron chi connectivity index (χ4n) is 3.59. The molecule has 4 rings (SSSR count). The van der Waals surface area contributed by atoms with Crippen molar-refractivity contribution in [3.05, 3.63) is 122 Å². The van der Waals surface area contributed by atoms with Crippen molar-refractivity contribution < 1.29 is 9.50 Å². The first-order valence-electron chi connectivity index (χ1n) is 9.89. The van der Waals surface area contributed by atoms with Crippen LogP contribution in [0.1, 0.15) is 35.7 Å². The molecule has 0 saturated heterocycles. The van der Waals surface area contributed by atoms with E-state index in [9.17, 15) is 19.1 Å². The first kappa shape index (κ1) is 20.5. The Morgan fingerprint density at radius 2 is 1.48 bits per heavy atom. The van der Waals surface area contributed by atoms with Gasteiger partial charge < -0.3 is 10.4 Å². The van der Waals surface area contributed by atoms with Crippen LogP contribution < -0.4 is 21.5 Å². The molecule has 31 heavy (non-hydrogen) atoms. The molecule has 1 unspecified atom stereocenters. The third-order valence-electron chi connectivity index (χ3n) is 5.27. The smallest absolute Gasteiger partial charge is 0.271 e. The lowest BCUT2D eigenvalue weighted by Gasteiger charge is -2.25. The van der Waals surface area contributed by atoms with Gasteiger partial charge in [-0.25, -0.2) is 4.39 Å². The molecular formula is C25H21FN2O3. The van der Waals surface area contributed by atoms with Crippen molar-refractivity contribution in [3.8, 4) is 5.75 Å². The first-order valence-corrected chi connectivity index (χ1v) is 9.89. The molecule has 0 aliphatic heterocycles. The lowest BCUT2D eigenvalue weighted by molar-refractivity contribution is 0.466. The Morgan fingerprint density at radius 1 is 0.806 bits per heavy atom. The quantitative estimate of drug-likeness (QED) is 0.391. The van der Waals surface area contributed by atoms with Gasteiger partial charge in [0.2, 0.25) is 0 Å². The molecule has 0 aromatic heterocycles. The number of nitrogens with one attached hydrogen (secondary N) is 2. The van der Waals surface area contributed by atoms with Crippen LogP contribution in [0.4, 0.5) is 15.8 Å². The molecule has 2 atom stereocenters. The summed E-state index contributed by atoms with van der Waals surface area (Å²) in [5.41, 5.74) is 1.59. The normalized spacial score (nSPS) is 13.1. The number of halogens is 1. The van der Waals surface area contributed by atoms with Gasteiger partial charge in [-0.05, 0) is 47.9 Å². The van der Waals surface area contributed by atoms with E-state index >= 15 is 0 Å². The molecule has 6 heteroatoms. The zero-order chi connectivity index (χ0) is 22.0. The Balaban J connectivity index is 1.66. The monoisotopic (exact) mass is 416 g/mol. The van der Waals surface area contributed by atoms with E-state index in [0.717, 1.165) is 16.7 Å². The van der Waals surface area contributed by atoms with Gasteiger partial charge in [0.15, 0.2) is 5.75 Å². The predicted molar refractivity (Wildman–Crippen MR) is 119 cm³/mol. The third kappa shape index (κ3) is 4.25. The summed E-state index contributed by atoms with van der Waals surface area (Å²) >= 11 is 0. The summed E-state index contributed by atoms with van der Waals surface area (Å²) in [6, 6.07) is 23.3. The van der Waals surface area contributed by atoms with Gasteiger partial charge in [-0.1, -0.05) is 54.6 Å². The molecule has 0 aliphatic rings. The lowest BCUT2D eigenvalue weighted by Crippen LogP contribution is -2.32. The molecule has 3 N–H and O–H groups in total. The van der Waals surface area contributed by atoms with Crippen LogP contribution in [0.2, 0.25) is 0 Å². The van der Waals surface area contributed by atoms with Crippen LogP contribution in [0.3, 0.4) is 0 Å². The van der Waals surface area contributed by atoms with Crippen LogP contribution in [0.5, 0.6) is 5.75 Å². The number of anilines is 2. The molecule has 4 aromatic carbocycles. The first-order chi connectivity index (χ1) is 14.9. The molecule has 0 fully saturated rings. The fourth-order valence-corrected chi connectivity index (χ4v) is 3.59.